The number of nitro groups is 1. The maximum atomic E-state index is 12.9. The van der Waals surface area contributed by atoms with Crippen molar-refractivity contribution in [1.29, 1.82) is 0 Å². The molecule has 0 N–H and O–H groups in total. The Morgan fingerprint density at radius 3 is 2.33 bits per heavy atom. The molecule has 0 unspecified atom stereocenters. The number of hydrogen-bond acceptors (Lipinski definition) is 4. The molecule has 2 aromatic carbocycles. The van der Waals surface area contributed by atoms with Crippen molar-refractivity contribution in [3.8, 4) is 0 Å². The molecule has 0 atom stereocenters. The number of nitro benzene ring substituents is 1. The van der Waals surface area contributed by atoms with Crippen molar-refractivity contribution in [2.75, 3.05) is 14.1 Å². The minimum atomic E-state index is -5.14. The number of ketones is 1. The molecule has 0 amide bonds. The molecule has 5 nitrogen and oxygen atoms in total. The zero-order valence-electron chi connectivity index (χ0n) is 12.8. The molecule has 0 radical (unpaired) electrons. The lowest BCUT2D eigenvalue weighted by atomic mass is 9.96. The first-order valence-corrected chi connectivity index (χ1v) is 6.79. The molecule has 2 aromatic rings. The first-order valence-electron chi connectivity index (χ1n) is 6.79. The van der Waals surface area contributed by atoms with Crippen molar-refractivity contribution in [1.82, 2.24) is 4.90 Å². The predicted molar refractivity (Wildman–Crippen MR) is 83.3 cm³/mol. The summed E-state index contributed by atoms with van der Waals surface area (Å²) in [5, 5.41) is 12.1. The van der Waals surface area contributed by atoms with Gasteiger partial charge < -0.3 is 4.90 Å². The molecule has 24 heavy (non-hydrogen) atoms. The van der Waals surface area contributed by atoms with Gasteiger partial charge in [-0.15, -0.1) is 0 Å². The van der Waals surface area contributed by atoms with Gasteiger partial charge in [-0.05, 0) is 17.5 Å². The van der Waals surface area contributed by atoms with Crippen LogP contribution in [0.2, 0.25) is 0 Å². The lowest BCUT2D eigenvalue weighted by Crippen LogP contribution is -2.25. The second kappa shape index (κ2) is 6.31. The van der Waals surface area contributed by atoms with Crippen LogP contribution in [0, 0.1) is 10.1 Å². The Bertz CT molecular complexity index is 842. The summed E-state index contributed by atoms with van der Waals surface area (Å²) in [6.07, 6.45) is -4.20. The van der Waals surface area contributed by atoms with Crippen LogP contribution in [-0.4, -0.2) is 35.9 Å². The molecule has 0 saturated heterocycles. The first kappa shape index (κ1) is 17.5. The monoisotopic (exact) mass is 338 g/mol. The summed E-state index contributed by atoms with van der Waals surface area (Å²) in [6, 6.07) is 8.85. The van der Waals surface area contributed by atoms with Gasteiger partial charge in [-0.25, -0.2) is 0 Å². The van der Waals surface area contributed by atoms with E-state index in [1.54, 1.807) is 18.2 Å². The zero-order chi connectivity index (χ0) is 18.1. The van der Waals surface area contributed by atoms with Crippen molar-refractivity contribution >= 4 is 27.8 Å². The fourth-order valence-corrected chi connectivity index (χ4v) is 2.33. The minimum absolute atomic E-state index is 0.166. The number of benzene rings is 2. The zero-order valence-corrected chi connectivity index (χ0v) is 12.8. The smallest absolute Gasteiger partial charge is 0.383 e. The van der Waals surface area contributed by atoms with Gasteiger partial charge in [0.05, 0.1) is 21.4 Å². The highest BCUT2D eigenvalue weighted by molar-refractivity contribution is 6.25. The first-order chi connectivity index (χ1) is 11.1. The lowest BCUT2D eigenvalue weighted by Gasteiger charge is -2.14. The average Bonchev–Trinajstić information content (AvgIpc) is 2.49. The molecule has 0 aromatic heterocycles. The number of alkyl halides is 3. The van der Waals surface area contributed by atoms with Crippen LogP contribution in [0.25, 0.3) is 16.3 Å². The largest absolute Gasteiger partial charge is 0.454 e. The Labute approximate surface area is 135 Å². The Morgan fingerprint density at radius 2 is 1.79 bits per heavy atom. The Hall–Kier alpha value is -2.90. The predicted octanol–water partition coefficient (Wildman–Crippen LogP) is 3.78. The van der Waals surface area contributed by atoms with E-state index in [1.165, 1.54) is 37.2 Å². The van der Waals surface area contributed by atoms with E-state index in [1.807, 2.05) is 0 Å². The van der Waals surface area contributed by atoms with Gasteiger partial charge in [0.15, 0.2) is 0 Å². The molecule has 0 saturated carbocycles. The molecule has 0 spiro atoms. The summed E-state index contributed by atoms with van der Waals surface area (Å²) >= 11 is 0. The van der Waals surface area contributed by atoms with Crippen LogP contribution in [0.5, 0.6) is 0 Å². The van der Waals surface area contributed by atoms with E-state index in [0.717, 1.165) is 6.20 Å². The quantitative estimate of drug-likeness (QED) is 0.483. The molecule has 0 aliphatic rings. The number of Topliss-reactive ketones (excluding diaryl/α,β-unsaturated/α-hetero) is 1. The fraction of sp³-hybridized carbons (Fsp3) is 0.188. The van der Waals surface area contributed by atoms with Crippen LogP contribution in [0.3, 0.4) is 0 Å². The summed E-state index contributed by atoms with van der Waals surface area (Å²) in [5.74, 6) is -2.13. The average molecular weight is 338 g/mol. The number of rotatable bonds is 4. The molecule has 0 bridgehead atoms. The number of fused-ring (bicyclic) bond motifs is 1. The standard InChI is InChI=1S/C16H13F3N2O3/c1-20(2)9-13(15(22)16(17,18)19)12-8-7-10-5-3-4-6-11(10)14(12)21(23)24/h3-9H,1-2H3/b13-9-. The Morgan fingerprint density at radius 1 is 1.17 bits per heavy atom. The normalized spacial score (nSPS) is 12.3. The van der Waals surface area contributed by atoms with Crippen LogP contribution < -0.4 is 0 Å². The van der Waals surface area contributed by atoms with E-state index in [2.05, 4.69) is 0 Å². The molecule has 126 valence electrons. The third-order valence-electron chi connectivity index (χ3n) is 3.26. The summed E-state index contributed by atoms with van der Waals surface area (Å²) in [5.41, 5.74) is -1.67. The number of hydrogen-bond donors (Lipinski definition) is 0. The van der Waals surface area contributed by atoms with Gasteiger partial charge in [0.25, 0.3) is 11.5 Å². The van der Waals surface area contributed by atoms with Crippen molar-refractivity contribution < 1.29 is 22.9 Å². The van der Waals surface area contributed by atoms with Gasteiger partial charge in [0, 0.05) is 20.3 Å². The van der Waals surface area contributed by atoms with Crippen molar-refractivity contribution in [2.45, 2.75) is 6.18 Å². The van der Waals surface area contributed by atoms with Crippen LogP contribution >= 0.6 is 0 Å². The van der Waals surface area contributed by atoms with E-state index in [-0.39, 0.29) is 10.9 Å². The van der Waals surface area contributed by atoms with Gasteiger partial charge in [-0.1, -0.05) is 24.3 Å². The Balaban J connectivity index is 2.82. The minimum Gasteiger partial charge on any atom is -0.383 e. The number of nitrogens with zero attached hydrogens (tertiary/aromatic N) is 2. The van der Waals surface area contributed by atoms with Crippen molar-refractivity contribution in [3.05, 3.63) is 58.3 Å². The fourth-order valence-electron chi connectivity index (χ4n) is 2.33. The summed E-state index contributed by atoms with van der Waals surface area (Å²) < 4.78 is 38.7. The highest BCUT2D eigenvalue weighted by atomic mass is 19.4. The maximum absolute atomic E-state index is 12.9. The number of allylic oxidation sites excluding steroid dienone is 1. The summed E-state index contributed by atoms with van der Waals surface area (Å²) in [7, 11) is 2.85. The molecule has 8 heteroatoms. The van der Waals surface area contributed by atoms with Gasteiger partial charge >= 0.3 is 6.18 Å². The number of carbonyl (C=O) groups is 1. The molecule has 0 fully saturated rings. The van der Waals surface area contributed by atoms with Crippen molar-refractivity contribution in [2.24, 2.45) is 0 Å². The van der Waals surface area contributed by atoms with Gasteiger partial charge in [0.2, 0.25) is 0 Å². The van der Waals surface area contributed by atoms with E-state index in [4.69, 9.17) is 0 Å². The maximum Gasteiger partial charge on any atom is 0.454 e. The topological polar surface area (TPSA) is 63.5 Å². The van der Waals surface area contributed by atoms with E-state index in [9.17, 15) is 28.1 Å². The van der Waals surface area contributed by atoms with Gasteiger partial charge in [-0.3, -0.25) is 14.9 Å². The highest BCUT2D eigenvalue weighted by Gasteiger charge is 2.43. The van der Waals surface area contributed by atoms with Crippen LogP contribution in [-0.2, 0) is 4.79 Å². The lowest BCUT2D eigenvalue weighted by molar-refractivity contribution is -0.383. The SMILES string of the molecule is CN(C)/C=C(\C(=O)C(F)(F)F)c1ccc2ccccc2c1[N+](=O)[O-]. The highest BCUT2D eigenvalue weighted by Crippen LogP contribution is 2.37. The molecule has 0 heterocycles. The van der Waals surface area contributed by atoms with Crippen molar-refractivity contribution in [3.63, 3.8) is 0 Å². The molecule has 2 rings (SSSR count). The van der Waals surface area contributed by atoms with Crippen LogP contribution in [0.1, 0.15) is 5.56 Å². The molecular formula is C16H13F3N2O3. The van der Waals surface area contributed by atoms with E-state index < -0.39 is 28.1 Å². The Kier molecular flexibility index (Phi) is 4.59. The molecular weight excluding hydrogens is 325 g/mol. The van der Waals surface area contributed by atoms with Crippen LogP contribution in [0.4, 0.5) is 18.9 Å². The number of halogens is 3. The molecule has 0 aliphatic carbocycles. The second-order valence-electron chi connectivity index (χ2n) is 5.27. The van der Waals surface area contributed by atoms with E-state index in [0.29, 0.717) is 5.39 Å². The second-order valence-corrected chi connectivity index (χ2v) is 5.27. The van der Waals surface area contributed by atoms with Gasteiger partial charge in [0.1, 0.15) is 0 Å². The number of carbonyl (C=O) groups excluding carboxylic acids is 1. The molecule has 0 aliphatic heterocycles. The summed E-state index contributed by atoms with van der Waals surface area (Å²) in [6.45, 7) is 0. The van der Waals surface area contributed by atoms with Crippen LogP contribution in [0.15, 0.2) is 42.6 Å². The van der Waals surface area contributed by atoms with E-state index >= 15 is 0 Å². The summed E-state index contributed by atoms with van der Waals surface area (Å²) in [4.78, 5) is 23.7. The third kappa shape index (κ3) is 3.37. The third-order valence-corrected chi connectivity index (χ3v) is 3.26. The van der Waals surface area contributed by atoms with Gasteiger partial charge in [-0.2, -0.15) is 13.2 Å².